The van der Waals surface area contributed by atoms with Crippen LogP contribution < -0.4 is 9.47 Å². The molecule has 1 aliphatic carbocycles. The Morgan fingerprint density at radius 3 is 2.44 bits per heavy atom. The minimum absolute atomic E-state index is 0.109. The van der Waals surface area contributed by atoms with Crippen molar-refractivity contribution in [3.8, 4) is 11.5 Å². The molecule has 1 N–H and O–H groups in total. The summed E-state index contributed by atoms with van der Waals surface area (Å²) < 4.78 is 10.3. The highest BCUT2D eigenvalue weighted by molar-refractivity contribution is 6.50. The minimum Gasteiger partial charge on any atom is -0.496 e. The Balaban J connectivity index is 2.65. The molecule has 0 bridgehead atoms. The van der Waals surface area contributed by atoms with Gasteiger partial charge in [0.15, 0.2) is 0 Å². The monoisotopic (exact) mass is 221 g/mol. The summed E-state index contributed by atoms with van der Waals surface area (Å²) in [4.78, 5) is 11.8. The van der Waals surface area contributed by atoms with Crippen molar-refractivity contribution in [3.05, 3.63) is 23.3 Å². The molecule has 1 aromatic carbocycles. The molecule has 0 saturated heterocycles. The molecular weight excluding hydrogens is 210 g/mol. The number of ether oxygens (including phenoxy) is 2. The topological polar surface area (TPSA) is 68.1 Å². The van der Waals surface area contributed by atoms with Crippen molar-refractivity contribution in [2.24, 2.45) is 5.16 Å². The molecular formula is C11H11NO4. The lowest BCUT2D eigenvalue weighted by molar-refractivity contribution is 0.106. The lowest BCUT2D eigenvalue weighted by Gasteiger charge is -2.09. The third-order valence-electron chi connectivity index (χ3n) is 2.63. The van der Waals surface area contributed by atoms with Crippen LogP contribution in [0.2, 0.25) is 0 Å². The van der Waals surface area contributed by atoms with E-state index in [1.807, 2.05) is 0 Å². The summed E-state index contributed by atoms with van der Waals surface area (Å²) in [5, 5.41) is 11.7. The van der Waals surface area contributed by atoms with Gasteiger partial charge in [0, 0.05) is 12.0 Å². The first-order valence-electron chi connectivity index (χ1n) is 4.72. The normalized spacial score (nSPS) is 16.4. The van der Waals surface area contributed by atoms with Crippen LogP contribution in [-0.2, 0) is 6.42 Å². The molecule has 0 unspecified atom stereocenters. The molecule has 0 heterocycles. The first-order chi connectivity index (χ1) is 7.72. The maximum Gasteiger partial charge on any atom is 0.215 e. The highest BCUT2D eigenvalue weighted by Crippen LogP contribution is 2.35. The average molecular weight is 221 g/mol. The molecule has 16 heavy (non-hydrogen) atoms. The second-order valence-corrected chi connectivity index (χ2v) is 3.38. The molecule has 0 spiro atoms. The number of rotatable bonds is 2. The second-order valence-electron chi connectivity index (χ2n) is 3.38. The fraction of sp³-hybridized carbons (Fsp3) is 0.273. The third-order valence-corrected chi connectivity index (χ3v) is 2.63. The Morgan fingerprint density at radius 1 is 1.25 bits per heavy atom. The van der Waals surface area contributed by atoms with Gasteiger partial charge >= 0.3 is 0 Å². The zero-order chi connectivity index (χ0) is 11.7. The van der Waals surface area contributed by atoms with Gasteiger partial charge in [0.25, 0.3) is 0 Å². The SMILES string of the molecule is COc1ccc(OC)c2c1C/C(=N/O)C2=O. The van der Waals surface area contributed by atoms with Crippen LogP contribution in [0.25, 0.3) is 0 Å². The standard InChI is InChI=1S/C11H11NO4/c1-15-8-3-4-9(16-2)10-6(8)5-7(12-14)11(10)13/h3-4,14H,5H2,1-2H3/b12-7-. The molecule has 5 nitrogen and oxygen atoms in total. The molecule has 0 fully saturated rings. The maximum atomic E-state index is 11.8. The molecule has 84 valence electrons. The molecule has 0 aromatic heterocycles. The number of methoxy groups -OCH3 is 2. The van der Waals surface area contributed by atoms with Gasteiger partial charge in [-0.1, -0.05) is 5.16 Å². The van der Waals surface area contributed by atoms with E-state index in [9.17, 15) is 4.79 Å². The summed E-state index contributed by atoms with van der Waals surface area (Å²) >= 11 is 0. The zero-order valence-electron chi connectivity index (χ0n) is 8.98. The van der Waals surface area contributed by atoms with Gasteiger partial charge in [-0.05, 0) is 12.1 Å². The highest BCUT2D eigenvalue weighted by atomic mass is 16.5. The number of Topliss-reactive ketones (excluding diaryl/α,β-unsaturated/α-hetero) is 1. The molecule has 0 aliphatic heterocycles. The summed E-state index contributed by atoms with van der Waals surface area (Å²) in [5.74, 6) is 0.760. The van der Waals surface area contributed by atoms with Crippen LogP contribution in [0.1, 0.15) is 15.9 Å². The minimum atomic E-state index is -0.312. The summed E-state index contributed by atoms with van der Waals surface area (Å²) in [6.45, 7) is 0. The summed E-state index contributed by atoms with van der Waals surface area (Å²) in [6.07, 6.45) is 0.269. The first-order valence-corrected chi connectivity index (χ1v) is 4.72. The van der Waals surface area contributed by atoms with E-state index in [-0.39, 0.29) is 17.9 Å². The summed E-state index contributed by atoms with van der Waals surface area (Å²) in [5.41, 5.74) is 1.24. The number of nitrogens with zero attached hydrogens (tertiary/aromatic N) is 1. The number of benzene rings is 1. The van der Waals surface area contributed by atoms with Crippen LogP contribution in [0.15, 0.2) is 17.3 Å². The molecule has 0 atom stereocenters. The van der Waals surface area contributed by atoms with Crippen molar-refractivity contribution in [2.75, 3.05) is 14.2 Å². The zero-order valence-corrected chi connectivity index (χ0v) is 8.98. The van der Waals surface area contributed by atoms with Crippen LogP contribution in [0, 0.1) is 0 Å². The Bertz CT molecular complexity index is 479. The average Bonchev–Trinajstić information content (AvgIpc) is 2.66. The maximum absolute atomic E-state index is 11.8. The van der Waals surface area contributed by atoms with E-state index in [0.29, 0.717) is 22.6 Å². The van der Waals surface area contributed by atoms with Crippen LogP contribution in [0.3, 0.4) is 0 Å². The largest absolute Gasteiger partial charge is 0.496 e. The summed E-state index contributed by atoms with van der Waals surface area (Å²) in [7, 11) is 3.02. The van der Waals surface area contributed by atoms with Crippen LogP contribution >= 0.6 is 0 Å². The lowest BCUT2D eigenvalue weighted by atomic mass is 10.1. The van der Waals surface area contributed by atoms with Crippen LogP contribution in [0.4, 0.5) is 0 Å². The molecule has 1 aliphatic rings. The fourth-order valence-corrected chi connectivity index (χ4v) is 1.87. The van der Waals surface area contributed by atoms with Gasteiger partial charge in [0.05, 0.1) is 19.8 Å². The number of fused-ring (bicyclic) bond motifs is 1. The summed E-state index contributed by atoms with van der Waals surface area (Å²) in [6, 6.07) is 3.39. The van der Waals surface area contributed by atoms with E-state index in [0.717, 1.165) is 0 Å². The second kappa shape index (κ2) is 3.84. The fourth-order valence-electron chi connectivity index (χ4n) is 1.87. The number of ketones is 1. The number of hydrogen-bond donors (Lipinski definition) is 1. The van der Waals surface area contributed by atoms with Crippen molar-refractivity contribution in [3.63, 3.8) is 0 Å². The molecule has 2 rings (SSSR count). The Morgan fingerprint density at radius 2 is 1.88 bits per heavy atom. The van der Waals surface area contributed by atoms with Crippen LogP contribution in [0.5, 0.6) is 11.5 Å². The molecule has 0 saturated carbocycles. The Labute approximate surface area is 92.3 Å². The molecule has 0 amide bonds. The van der Waals surface area contributed by atoms with E-state index in [4.69, 9.17) is 14.7 Å². The number of hydrogen-bond acceptors (Lipinski definition) is 5. The van der Waals surface area contributed by atoms with Gasteiger partial charge in [-0.2, -0.15) is 0 Å². The van der Waals surface area contributed by atoms with Gasteiger partial charge in [-0.15, -0.1) is 0 Å². The Kier molecular flexibility index (Phi) is 2.52. The van der Waals surface area contributed by atoms with E-state index in [1.54, 1.807) is 12.1 Å². The van der Waals surface area contributed by atoms with Crippen LogP contribution in [-0.4, -0.2) is 30.9 Å². The van der Waals surface area contributed by atoms with E-state index in [2.05, 4.69) is 5.16 Å². The van der Waals surface area contributed by atoms with Gasteiger partial charge < -0.3 is 14.7 Å². The predicted molar refractivity (Wildman–Crippen MR) is 56.8 cm³/mol. The molecule has 0 radical (unpaired) electrons. The van der Waals surface area contributed by atoms with E-state index in [1.165, 1.54) is 14.2 Å². The van der Waals surface area contributed by atoms with Gasteiger partial charge in [-0.25, -0.2) is 0 Å². The van der Waals surface area contributed by atoms with E-state index < -0.39 is 0 Å². The van der Waals surface area contributed by atoms with Gasteiger partial charge in [-0.3, -0.25) is 4.79 Å². The quantitative estimate of drug-likeness (QED) is 0.603. The van der Waals surface area contributed by atoms with Crippen molar-refractivity contribution in [1.29, 1.82) is 0 Å². The van der Waals surface area contributed by atoms with Crippen molar-refractivity contribution < 1.29 is 19.5 Å². The van der Waals surface area contributed by atoms with Crippen molar-refractivity contribution in [1.82, 2.24) is 0 Å². The smallest absolute Gasteiger partial charge is 0.215 e. The molecule has 5 heteroatoms. The highest BCUT2D eigenvalue weighted by Gasteiger charge is 2.33. The first kappa shape index (κ1) is 10.5. The van der Waals surface area contributed by atoms with Crippen molar-refractivity contribution >= 4 is 11.5 Å². The number of carbonyl (C=O) groups excluding carboxylic acids is 1. The lowest BCUT2D eigenvalue weighted by Crippen LogP contribution is -2.08. The molecule has 1 aromatic rings. The predicted octanol–water partition coefficient (Wildman–Crippen LogP) is 1.27. The third kappa shape index (κ3) is 1.32. The van der Waals surface area contributed by atoms with Crippen molar-refractivity contribution in [2.45, 2.75) is 6.42 Å². The van der Waals surface area contributed by atoms with E-state index >= 15 is 0 Å². The Hall–Kier alpha value is -2.04. The van der Waals surface area contributed by atoms with Gasteiger partial charge in [0.2, 0.25) is 5.78 Å². The number of carbonyl (C=O) groups is 1. The van der Waals surface area contributed by atoms with Gasteiger partial charge in [0.1, 0.15) is 17.2 Å². The number of oxime groups is 1.